The summed E-state index contributed by atoms with van der Waals surface area (Å²) in [6.07, 6.45) is 3.65. The average molecular weight is 380 g/mol. The molecule has 1 aromatic heterocycles. The van der Waals surface area contributed by atoms with Gasteiger partial charge in [0.1, 0.15) is 5.60 Å². The fourth-order valence-electron chi connectivity index (χ4n) is 3.58. The standard InChI is InChI=1S/C19H29N3O3S/c1-17(2,3)13-11-20-15(26-13)22-8-7-19(14(22)23)9-12(10-19)21-16(24)25-18(4,5)6/h11-12H,7-10H2,1-6H3,(H,21,24). The Kier molecular flexibility index (Phi) is 4.58. The molecule has 1 N–H and O–H groups in total. The number of rotatable bonds is 2. The Bertz CT molecular complexity index is 708. The van der Waals surface area contributed by atoms with E-state index in [1.54, 1.807) is 11.3 Å². The van der Waals surface area contributed by atoms with E-state index in [0.29, 0.717) is 19.4 Å². The van der Waals surface area contributed by atoms with Crippen molar-refractivity contribution in [2.24, 2.45) is 5.41 Å². The number of amides is 2. The zero-order valence-corrected chi connectivity index (χ0v) is 17.3. The summed E-state index contributed by atoms with van der Waals surface area (Å²) in [7, 11) is 0. The highest BCUT2D eigenvalue weighted by atomic mass is 32.1. The van der Waals surface area contributed by atoms with Crippen molar-refractivity contribution in [3.63, 3.8) is 0 Å². The van der Waals surface area contributed by atoms with Crippen LogP contribution in [0.2, 0.25) is 0 Å². The van der Waals surface area contributed by atoms with Gasteiger partial charge >= 0.3 is 6.09 Å². The molecule has 1 aliphatic heterocycles. The van der Waals surface area contributed by atoms with Crippen molar-refractivity contribution in [2.45, 2.75) is 77.9 Å². The van der Waals surface area contributed by atoms with Gasteiger partial charge in [-0.3, -0.25) is 9.69 Å². The van der Waals surface area contributed by atoms with Gasteiger partial charge in [-0.2, -0.15) is 0 Å². The second kappa shape index (κ2) is 6.22. The molecule has 1 saturated heterocycles. The first-order valence-corrected chi connectivity index (χ1v) is 9.99. The molecule has 2 amide bonds. The Labute approximate surface area is 159 Å². The summed E-state index contributed by atoms with van der Waals surface area (Å²) in [5.74, 6) is 0.148. The summed E-state index contributed by atoms with van der Waals surface area (Å²) in [5.41, 5.74) is -0.816. The van der Waals surface area contributed by atoms with Gasteiger partial charge in [0.15, 0.2) is 5.13 Å². The third-order valence-electron chi connectivity index (χ3n) is 4.97. The smallest absolute Gasteiger partial charge is 0.407 e. The van der Waals surface area contributed by atoms with Gasteiger partial charge < -0.3 is 10.1 Å². The highest BCUT2D eigenvalue weighted by molar-refractivity contribution is 7.16. The number of alkyl carbamates (subject to hydrolysis) is 1. The first kappa shape index (κ1) is 19.1. The number of carbonyl (C=O) groups excluding carboxylic acids is 2. The number of ether oxygens (including phenoxy) is 1. The molecule has 1 saturated carbocycles. The monoisotopic (exact) mass is 379 g/mol. The first-order valence-electron chi connectivity index (χ1n) is 9.17. The average Bonchev–Trinajstić information content (AvgIpc) is 3.01. The molecule has 0 unspecified atom stereocenters. The SMILES string of the molecule is CC(C)(C)OC(=O)NC1CC2(CCN(c3ncc(C(C)(C)C)s3)C2=O)C1. The third kappa shape index (κ3) is 3.72. The molecular weight excluding hydrogens is 350 g/mol. The fourth-order valence-corrected chi connectivity index (χ4v) is 4.58. The zero-order chi connectivity index (χ0) is 19.3. The van der Waals surface area contributed by atoms with Gasteiger partial charge in [0.05, 0.1) is 5.41 Å². The summed E-state index contributed by atoms with van der Waals surface area (Å²) in [6, 6.07) is 0.00943. The third-order valence-corrected chi connectivity index (χ3v) is 6.42. The Morgan fingerprint density at radius 2 is 1.96 bits per heavy atom. The number of nitrogens with one attached hydrogen (secondary N) is 1. The van der Waals surface area contributed by atoms with Crippen LogP contribution in [0.5, 0.6) is 0 Å². The molecule has 0 bridgehead atoms. The van der Waals surface area contributed by atoms with Crippen LogP contribution in [-0.2, 0) is 14.9 Å². The molecule has 0 atom stereocenters. The maximum Gasteiger partial charge on any atom is 0.407 e. The van der Waals surface area contributed by atoms with Crippen molar-refractivity contribution in [2.75, 3.05) is 11.4 Å². The van der Waals surface area contributed by atoms with Crippen LogP contribution in [-0.4, -0.2) is 35.2 Å². The molecule has 26 heavy (non-hydrogen) atoms. The topological polar surface area (TPSA) is 71.5 Å². The van der Waals surface area contributed by atoms with Crippen LogP contribution in [0.25, 0.3) is 0 Å². The highest BCUT2D eigenvalue weighted by Crippen LogP contribution is 2.50. The lowest BCUT2D eigenvalue weighted by molar-refractivity contribution is -0.131. The second-order valence-electron chi connectivity index (χ2n) is 9.50. The molecule has 1 aromatic rings. The summed E-state index contributed by atoms with van der Waals surface area (Å²) in [5, 5.41) is 3.67. The summed E-state index contributed by atoms with van der Waals surface area (Å²) in [4.78, 5) is 32.4. The minimum atomic E-state index is -0.513. The molecule has 6 nitrogen and oxygen atoms in total. The van der Waals surface area contributed by atoms with Crippen molar-refractivity contribution >= 4 is 28.5 Å². The quantitative estimate of drug-likeness (QED) is 0.847. The zero-order valence-electron chi connectivity index (χ0n) is 16.5. The van der Waals surface area contributed by atoms with E-state index in [0.717, 1.165) is 11.6 Å². The van der Waals surface area contributed by atoms with Crippen molar-refractivity contribution < 1.29 is 14.3 Å². The lowest BCUT2D eigenvalue weighted by atomic mass is 9.64. The predicted octanol–water partition coefficient (Wildman–Crippen LogP) is 3.85. The van der Waals surface area contributed by atoms with Crippen LogP contribution in [0, 0.1) is 5.41 Å². The van der Waals surface area contributed by atoms with E-state index in [9.17, 15) is 9.59 Å². The Morgan fingerprint density at radius 3 is 2.50 bits per heavy atom. The van der Waals surface area contributed by atoms with Crippen LogP contribution in [0.1, 0.15) is 65.7 Å². The van der Waals surface area contributed by atoms with Crippen LogP contribution < -0.4 is 10.2 Å². The Balaban J connectivity index is 1.59. The highest BCUT2D eigenvalue weighted by Gasteiger charge is 2.56. The molecule has 144 valence electrons. The fraction of sp³-hybridized carbons (Fsp3) is 0.737. The number of anilines is 1. The number of nitrogens with zero attached hydrogens (tertiary/aromatic N) is 2. The van der Waals surface area contributed by atoms with Gasteiger partial charge in [-0.05, 0) is 45.4 Å². The van der Waals surface area contributed by atoms with Gasteiger partial charge in [-0.25, -0.2) is 9.78 Å². The van der Waals surface area contributed by atoms with Gasteiger partial charge in [-0.15, -0.1) is 11.3 Å². The Morgan fingerprint density at radius 1 is 1.31 bits per heavy atom. The molecular formula is C19H29N3O3S. The molecule has 3 rings (SSSR count). The van der Waals surface area contributed by atoms with Crippen LogP contribution >= 0.6 is 11.3 Å². The normalized spacial score (nSPS) is 26.2. The molecule has 7 heteroatoms. The van der Waals surface area contributed by atoms with E-state index in [-0.39, 0.29) is 22.8 Å². The maximum absolute atomic E-state index is 13.0. The molecule has 0 aromatic carbocycles. The maximum atomic E-state index is 13.0. The lowest BCUT2D eigenvalue weighted by Crippen LogP contribution is -2.54. The van der Waals surface area contributed by atoms with Crippen molar-refractivity contribution in [1.29, 1.82) is 0 Å². The largest absolute Gasteiger partial charge is 0.444 e. The first-order chi connectivity index (χ1) is 11.9. The minimum absolute atomic E-state index is 0.00943. The van der Waals surface area contributed by atoms with Gasteiger partial charge in [0, 0.05) is 23.7 Å². The van der Waals surface area contributed by atoms with Crippen molar-refractivity contribution in [3.8, 4) is 0 Å². The van der Waals surface area contributed by atoms with Crippen LogP contribution in [0.15, 0.2) is 6.20 Å². The van der Waals surface area contributed by atoms with Gasteiger partial charge in [0.2, 0.25) is 5.91 Å². The summed E-state index contributed by atoms with van der Waals surface area (Å²) >= 11 is 1.60. The minimum Gasteiger partial charge on any atom is -0.444 e. The van der Waals surface area contributed by atoms with Gasteiger partial charge in [-0.1, -0.05) is 20.8 Å². The number of carbonyl (C=O) groups is 2. The van der Waals surface area contributed by atoms with E-state index >= 15 is 0 Å². The Hall–Kier alpha value is -1.63. The number of hydrogen-bond acceptors (Lipinski definition) is 5. The summed E-state index contributed by atoms with van der Waals surface area (Å²) in [6.45, 7) is 12.7. The molecule has 1 spiro atoms. The lowest BCUT2D eigenvalue weighted by Gasteiger charge is -2.43. The summed E-state index contributed by atoms with van der Waals surface area (Å²) < 4.78 is 5.29. The van der Waals surface area contributed by atoms with E-state index in [4.69, 9.17) is 4.74 Å². The number of thiazole rings is 1. The molecule has 1 aliphatic carbocycles. The van der Waals surface area contributed by atoms with E-state index in [1.165, 1.54) is 4.88 Å². The van der Waals surface area contributed by atoms with E-state index < -0.39 is 11.7 Å². The second-order valence-corrected chi connectivity index (χ2v) is 10.5. The predicted molar refractivity (Wildman–Crippen MR) is 103 cm³/mol. The van der Waals surface area contributed by atoms with E-state index in [2.05, 4.69) is 31.1 Å². The van der Waals surface area contributed by atoms with Crippen LogP contribution in [0.4, 0.5) is 9.93 Å². The molecule has 2 heterocycles. The van der Waals surface area contributed by atoms with Crippen LogP contribution in [0.3, 0.4) is 0 Å². The van der Waals surface area contributed by atoms with Crippen molar-refractivity contribution in [3.05, 3.63) is 11.1 Å². The molecule has 2 aliphatic rings. The van der Waals surface area contributed by atoms with Crippen molar-refractivity contribution in [1.82, 2.24) is 10.3 Å². The molecule has 2 fully saturated rings. The number of aromatic nitrogens is 1. The van der Waals surface area contributed by atoms with E-state index in [1.807, 2.05) is 31.9 Å². The molecule has 0 radical (unpaired) electrons. The number of hydrogen-bond donors (Lipinski definition) is 1. The van der Waals surface area contributed by atoms with Gasteiger partial charge in [0.25, 0.3) is 0 Å².